The van der Waals surface area contributed by atoms with Crippen LogP contribution in [0.15, 0.2) is 24.3 Å². The summed E-state index contributed by atoms with van der Waals surface area (Å²) in [5.41, 5.74) is 6.33. The van der Waals surface area contributed by atoms with Crippen molar-refractivity contribution in [2.24, 2.45) is 0 Å². The Morgan fingerprint density at radius 3 is 3.00 bits per heavy atom. The molecule has 0 aliphatic carbocycles. The number of piperidine rings is 1. The summed E-state index contributed by atoms with van der Waals surface area (Å²) in [6, 6.07) is 7.55. The lowest BCUT2D eigenvalue weighted by molar-refractivity contribution is 0.0591. The Kier molecular flexibility index (Phi) is 3.15. The number of hydrogen-bond acceptors (Lipinski definition) is 2. The first-order chi connectivity index (χ1) is 7.57. The summed E-state index contributed by atoms with van der Waals surface area (Å²) in [6.07, 6.45) is 2.07. The molecule has 1 saturated heterocycles. The Labute approximate surface area is 96.2 Å². The standard InChI is InChI=1S/C13H19FN2/c1-16-7-3-6-13(14,10-16)9-11-4-2-5-12(15)8-11/h2,4-5,8H,3,6-7,9-10,15H2,1H3. The first-order valence-electron chi connectivity index (χ1n) is 5.79. The monoisotopic (exact) mass is 222 g/mol. The van der Waals surface area contributed by atoms with Crippen LogP contribution in [-0.4, -0.2) is 30.7 Å². The Hall–Kier alpha value is -1.09. The summed E-state index contributed by atoms with van der Waals surface area (Å²) in [6.45, 7) is 1.53. The molecule has 1 aliphatic rings. The molecule has 2 nitrogen and oxygen atoms in total. The zero-order valence-electron chi connectivity index (χ0n) is 9.75. The van der Waals surface area contributed by atoms with Crippen molar-refractivity contribution in [2.75, 3.05) is 25.9 Å². The van der Waals surface area contributed by atoms with Gasteiger partial charge in [0.05, 0.1) is 0 Å². The van der Waals surface area contributed by atoms with Crippen molar-refractivity contribution in [1.82, 2.24) is 4.90 Å². The lowest BCUT2D eigenvalue weighted by atomic mass is 9.88. The van der Waals surface area contributed by atoms with Crippen LogP contribution in [0.25, 0.3) is 0 Å². The van der Waals surface area contributed by atoms with Crippen molar-refractivity contribution < 1.29 is 4.39 Å². The number of anilines is 1. The first-order valence-corrected chi connectivity index (χ1v) is 5.79. The summed E-state index contributed by atoms with van der Waals surface area (Å²) in [7, 11) is 1.98. The van der Waals surface area contributed by atoms with Crippen LogP contribution in [0.4, 0.5) is 10.1 Å². The van der Waals surface area contributed by atoms with E-state index in [0.717, 1.165) is 18.5 Å². The molecule has 2 rings (SSSR count). The third-order valence-corrected chi connectivity index (χ3v) is 3.19. The molecule has 1 unspecified atom stereocenters. The second-order valence-corrected chi connectivity index (χ2v) is 4.91. The molecule has 0 bridgehead atoms. The van der Waals surface area contributed by atoms with E-state index in [9.17, 15) is 4.39 Å². The molecular weight excluding hydrogens is 203 g/mol. The molecule has 0 amide bonds. The molecule has 1 aromatic rings. The van der Waals surface area contributed by atoms with Gasteiger partial charge in [-0.3, -0.25) is 0 Å². The molecule has 2 N–H and O–H groups in total. The fourth-order valence-electron chi connectivity index (χ4n) is 2.52. The highest BCUT2D eigenvalue weighted by Gasteiger charge is 2.34. The zero-order chi connectivity index (χ0) is 11.6. The molecule has 16 heavy (non-hydrogen) atoms. The average Bonchev–Trinajstić information content (AvgIpc) is 2.16. The van der Waals surface area contributed by atoms with Crippen LogP contribution in [0, 0.1) is 0 Å². The lowest BCUT2D eigenvalue weighted by Gasteiger charge is -2.35. The van der Waals surface area contributed by atoms with E-state index in [-0.39, 0.29) is 0 Å². The number of halogens is 1. The fourth-order valence-corrected chi connectivity index (χ4v) is 2.52. The van der Waals surface area contributed by atoms with E-state index in [1.54, 1.807) is 0 Å². The lowest BCUT2D eigenvalue weighted by Crippen LogP contribution is -2.44. The highest BCUT2D eigenvalue weighted by atomic mass is 19.1. The van der Waals surface area contributed by atoms with Gasteiger partial charge in [-0.1, -0.05) is 12.1 Å². The Morgan fingerprint density at radius 2 is 2.31 bits per heavy atom. The van der Waals surface area contributed by atoms with E-state index in [1.807, 2.05) is 31.3 Å². The summed E-state index contributed by atoms with van der Waals surface area (Å²) in [5.74, 6) is 0. The largest absolute Gasteiger partial charge is 0.399 e. The van der Waals surface area contributed by atoms with Crippen molar-refractivity contribution in [2.45, 2.75) is 24.9 Å². The maximum atomic E-state index is 14.6. The number of likely N-dealkylation sites (tertiary alicyclic amines) is 1. The number of nitrogen functional groups attached to an aromatic ring is 1. The van der Waals surface area contributed by atoms with E-state index >= 15 is 0 Å². The van der Waals surface area contributed by atoms with Gasteiger partial charge in [-0.25, -0.2) is 4.39 Å². The van der Waals surface area contributed by atoms with E-state index < -0.39 is 5.67 Å². The van der Waals surface area contributed by atoms with Crippen molar-refractivity contribution in [3.63, 3.8) is 0 Å². The number of rotatable bonds is 2. The number of nitrogens with two attached hydrogens (primary N) is 1. The molecule has 3 heteroatoms. The zero-order valence-corrected chi connectivity index (χ0v) is 9.75. The predicted octanol–water partition coefficient (Wildman–Crippen LogP) is 2.25. The van der Waals surface area contributed by atoms with Gasteiger partial charge in [0.25, 0.3) is 0 Å². The van der Waals surface area contributed by atoms with Gasteiger partial charge >= 0.3 is 0 Å². The number of alkyl halides is 1. The van der Waals surface area contributed by atoms with Crippen LogP contribution >= 0.6 is 0 Å². The topological polar surface area (TPSA) is 29.3 Å². The fraction of sp³-hybridized carbons (Fsp3) is 0.538. The van der Waals surface area contributed by atoms with Crippen molar-refractivity contribution >= 4 is 5.69 Å². The molecular formula is C13H19FN2. The van der Waals surface area contributed by atoms with Crippen LogP contribution in [0.3, 0.4) is 0 Å². The predicted molar refractivity (Wildman–Crippen MR) is 65.1 cm³/mol. The Bertz CT molecular complexity index is 367. The second kappa shape index (κ2) is 4.42. The van der Waals surface area contributed by atoms with Crippen LogP contribution in [0.1, 0.15) is 18.4 Å². The number of benzene rings is 1. The SMILES string of the molecule is CN1CCCC(F)(Cc2cccc(N)c2)C1. The van der Waals surface area contributed by atoms with E-state index in [0.29, 0.717) is 25.1 Å². The molecule has 88 valence electrons. The molecule has 0 saturated carbocycles. The molecule has 0 radical (unpaired) electrons. The van der Waals surface area contributed by atoms with Crippen LogP contribution < -0.4 is 5.73 Å². The molecule has 1 atom stereocenters. The smallest absolute Gasteiger partial charge is 0.127 e. The maximum Gasteiger partial charge on any atom is 0.127 e. The molecule has 0 spiro atoms. The Balaban J connectivity index is 2.08. The minimum Gasteiger partial charge on any atom is -0.399 e. The number of hydrogen-bond donors (Lipinski definition) is 1. The van der Waals surface area contributed by atoms with Crippen LogP contribution in [0.5, 0.6) is 0 Å². The minimum absolute atomic E-state index is 0.475. The van der Waals surface area contributed by atoms with Gasteiger partial charge in [-0.2, -0.15) is 0 Å². The van der Waals surface area contributed by atoms with E-state index in [2.05, 4.69) is 4.90 Å². The molecule has 1 aliphatic heterocycles. The van der Waals surface area contributed by atoms with Gasteiger partial charge in [-0.15, -0.1) is 0 Å². The molecule has 0 aromatic heterocycles. The van der Waals surface area contributed by atoms with Gasteiger partial charge in [0, 0.05) is 18.7 Å². The maximum absolute atomic E-state index is 14.6. The van der Waals surface area contributed by atoms with Crippen molar-refractivity contribution in [1.29, 1.82) is 0 Å². The summed E-state index contributed by atoms with van der Waals surface area (Å²) in [5, 5.41) is 0. The van der Waals surface area contributed by atoms with Gasteiger partial charge in [0.2, 0.25) is 0 Å². The quantitative estimate of drug-likeness (QED) is 0.778. The summed E-state index contributed by atoms with van der Waals surface area (Å²) < 4.78 is 14.6. The van der Waals surface area contributed by atoms with Crippen molar-refractivity contribution in [3.8, 4) is 0 Å². The summed E-state index contributed by atoms with van der Waals surface area (Å²) >= 11 is 0. The third kappa shape index (κ3) is 2.73. The second-order valence-electron chi connectivity index (χ2n) is 4.91. The van der Waals surface area contributed by atoms with Gasteiger partial charge in [0.15, 0.2) is 0 Å². The van der Waals surface area contributed by atoms with E-state index in [1.165, 1.54) is 0 Å². The third-order valence-electron chi connectivity index (χ3n) is 3.19. The van der Waals surface area contributed by atoms with Gasteiger partial charge in [0.1, 0.15) is 5.67 Å². The van der Waals surface area contributed by atoms with Gasteiger partial charge in [-0.05, 0) is 44.1 Å². The summed E-state index contributed by atoms with van der Waals surface area (Å²) in [4.78, 5) is 2.07. The minimum atomic E-state index is -1.08. The van der Waals surface area contributed by atoms with Crippen LogP contribution in [0.2, 0.25) is 0 Å². The Morgan fingerprint density at radius 1 is 1.50 bits per heavy atom. The van der Waals surface area contributed by atoms with Crippen molar-refractivity contribution in [3.05, 3.63) is 29.8 Å². The highest BCUT2D eigenvalue weighted by Crippen LogP contribution is 2.28. The normalized spacial score (nSPS) is 26.9. The molecule has 1 fully saturated rings. The first kappa shape index (κ1) is 11.4. The average molecular weight is 222 g/mol. The number of nitrogens with zero attached hydrogens (tertiary/aromatic N) is 1. The molecule has 1 heterocycles. The molecule has 1 aromatic carbocycles. The van der Waals surface area contributed by atoms with E-state index in [4.69, 9.17) is 5.73 Å². The van der Waals surface area contributed by atoms with Crippen LogP contribution in [-0.2, 0) is 6.42 Å². The highest BCUT2D eigenvalue weighted by molar-refractivity contribution is 5.41. The van der Waals surface area contributed by atoms with Gasteiger partial charge < -0.3 is 10.6 Å².